The van der Waals surface area contributed by atoms with E-state index in [2.05, 4.69) is 12.2 Å². The highest BCUT2D eigenvalue weighted by molar-refractivity contribution is 5.86. The van der Waals surface area contributed by atoms with E-state index in [1.165, 1.54) is 6.42 Å². The third-order valence-electron chi connectivity index (χ3n) is 4.50. The van der Waals surface area contributed by atoms with Gasteiger partial charge in [-0.1, -0.05) is 39.0 Å². The lowest BCUT2D eigenvalue weighted by Gasteiger charge is -2.32. The Kier molecular flexibility index (Phi) is 7.72. The zero-order chi connectivity index (χ0) is 15.7. The Bertz CT molecular complexity index is 338. The average molecular weight is 298 g/mol. The Morgan fingerprint density at radius 3 is 2.43 bits per heavy atom. The predicted molar refractivity (Wildman–Crippen MR) is 82.9 cm³/mol. The Balaban J connectivity index is 2.31. The van der Waals surface area contributed by atoms with Crippen LogP contribution in [0.5, 0.6) is 0 Å². The Morgan fingerprint density at radius 1 is 1.19 bits per heavy atom. The fourth-order valence-corrected chi connectivity index (χ4v) is 3.14. The number of carboxylic acids is 1. The molecule has 1 atom stereocenters. The monoisotopic (exact) mass is 298 g/mol. The van der Waals surface area contributed by atoms with Gasteiger partial charge in [0.15, 0.2) is 0 Å². The second-order valence-electron chi connectivity index (χ2n) is 6.35. The maximum Gasteiger partial charge on any atom is 0.303 e. The smallest absolute Gasteiger partial charge is 0.303 e. The molecule has 5 heteroatoms. The molecule has 4 N–H and O–H groups in total. The molecule has 0 aromatic heterocycles. The van der Waals surface area contributed by atoms with Gasteiger partial charge in [-0.05, 0) is 31.6 Å². The number of carbonyl (C=O) groups excluding carboxylic acids is 1. The summed E-state index contributed by atoms with van der Waals surface area (Å²) < 4.78 is 0. The van der Waals surface area contributed by atoms with Crippen LogP contribution < -0.4 is 11.1 Å². The molecule has 0 aromatic carbocycles. The van der Waals surface area contributed by atoms with E-state index in [-0.39, 0.29) is 12.3 Å². The summed E-state index contributed by atoms with van der Waals surface area (Å²) in [7, 11) is 0. The topological polar surface area (TPSA) is 92.4 Å². The van der Waals surface area contributed by atoms with Crippen molar-refractivity contribution in [2.45, 2.75) is 76.7 Å². The summed E-state index contributed by atoms with van der Waals surface area (Å²) in [6.45, 7) is 2.70. The number of hydrogen-bond acceptors (Lipinski definition) is 3. The number of nitrogens with two attached hydrogens (primary N) is 1. The van der Waals surface area contributed by atoms with Gasteiger partial charge in [-0.25, -0.2) is 0 Å². The average Bonchev–Trinajstić information content (AvgIpc) is 2.45. The van der Waals surface area contributed by atoms with Crippen LogP contribution in [0.4, 0.5) is 0 Å². The van der Waals surface area contributed by atoms with Gasteiger partial charge >= 0.3 is 5.97 Å². The molecule has 1 saturated carbocycles. The van der Waals surface area contributed by atoms with Crippen LogP contribution in [0.3, 0.4) is 0 Å². The second kappa shape index (κ2) is 9.03. The third kappa shape index (κ3) is 6.46. The molecule has 0 aromatic rings. The summed E-state index contributed by atoms with van der Waals surface area (Å²) in [6, 6.07) is 0. The summed E-state index contributed by atoms with van der Waals surface area (Å²) in [4.78, 5) is 22.8. The molecule has 0 heterocycles. The number of carbonyl (C=O) groups is 2. The van der Waals surface area contributed by atoms with Crippen LogP contribution in [0.2, 0.25) is 0 Å². The molecule has 21 heavy (non-hydrogen) atoms. The molecule has 122 valence electrons. The lowest BCUT2D eigenvalue weighted by molar-refractivity contribution is -0.137. The van der Waals surface area contributed by atoms with E-state index >= 15 is 0 Å². The molecule has 0 saturated heterocycles. The van der Waals surface area contributed by atoms with Gasteiger partial charge in [0.1, 0.15) is 0 Å². The van der Waals surface area contributed by atoms with E-state index in [1.54, 1.807) is 0 Å². The Labute approximate surface area is 127 Å². The van der Waals surface area contributed by atoms with Crippen LogP contribution >= 0.6 is 0 Å². The minimum atomic E-state index is -0.747. The molecule has 1 rings (SSSR count). The second-order valence-corrected chi connectivity index (χ2v) is 6.35. The highest BCUT2D eigenvalue weighted by atomic mass is 16.4. The van der Waals surface area contributed by atoms with E-state index < -0.39 is 11.5 Å². The van der Waals surface area contributed by atoms with E-state index in [9.17, 15) is 9.59 Å². The van der Waals surface area contributed by atoms with Crippen LogP contribution in [-0.2, 0) is 9.59 Å². The van der Waals surface area contributed by atoms with E-state index in [1.807, 2.05) is 0 Å². The van der Waals surface area contributed by atoms with E-state index in [4.69, 9.17) is 10.8 Å². The van der Waals surface area contributed by atoms with Gasteiger partial charge in [0.05, 0.1) is 5.54 Å². The van der Waals surface area contributed by atoms with Gasteiger partial charge < -0.3 is 16.2 Å². The molecule has 1 aliphatic carbocycles. The predicted octanol–water partition coefficient (Wildman–Crippen LogP) is 2.44. The molecular weight excluding hydrogens is 268 g/mol. The first-order chi connectivity index (χ1) is 9.98. The van der Waals surface area contributed by atoms with Gasteiger partial charge in [0, 0.05) is 13.0 Å². The van der Waals surface area contributed by atoms with Crippen molar-refractivity contribution in [3.05, 3.63) is 0 Å². The van der Waals surface area contributed by atoms with Gasteiger partial charge in [0.25, 0.3) is 0 Å². The number of hydrogen-bond donors (Lipinski definition) is 3. The number of carboxylic acid groups (broad SMARTS) is 1. The van der Waals surface area contributed by atoms with Crippen molar-refractivity contribution in [3.8, 4) is 0 Å². The van der Waals surface area contributed by atoms with E-state index in [0.717, 1.165) is 44.9 Å². The number of amides is 1. The normalized spacial score (nSPS) is 19.0. The summed E-state index contributed by atoms with van der Waals surface area (Å²) >= 11 is 0. The van der Waals surface area contributed by atoms with Gasteiger partial charge in [-0.2, -0.15) is 0 Å². The molecule has 0 radical (unpaired) electrons. The first-order valence-corrected chi connectivity index (χ1v) is 8.27. The summed E-state index contributed by atoms with van der Waals surface area (Å²) in [5.74, 6) is -0.412. The molecule has 0 aliphatic heterocycles. The zero-order valence-corrected chi connectivity index (χ0v) is 13.2. The molecule has 1 aliphatic rings. The first-order valence-electron chi connectivity index (χ1n) is 8.27. The van der Waals surface area contributed by atoms with Crippen LogP contribution in [0.25, 0.3) is 0 Å². The van der Waals surface area contributed by atoms with Crippen molar-refractivity contribution in [1.29, 1.82) is 0 Å². The fraction of sp³-hybridized carbons (Fsp3) is 0.875. The quantitative estimate of drug-likeness (QED) is 0.609. The van der Waals surface area contributed by atoms with Crippen molar-refractivity contribution in [2.24, 2.45) is 11.7 Å². The summed E-state index contributed by atoms with van der Waals surface area (Å²) in [5, 5.41) is 11.7. The molecule has 1 fully saturated rings. The summed E-state index contributed by atoms with van der Waals surface area (Å²) in [6.07, 6.45) is 8.56. The van der Waals surface area contributed by atoms with Crippen LogP contribution in [0, 0.1) is 5.92 Å². The minimum absolute atomic E-state index is 0.0318. The molecule has 5 nitrogen and oxygen atoms in total. The number of nitrogens with one attached hydrogen (secondary N) is 1. The highest BCUT2D eigenvalue weighted by Gasteiger charge is 2.34. The SMILES string of the molecule is CCCC(CCNC(=O)C1(N)CCCCC1)CCC(=O)O. The maximum atomic E-state index is 12.2. The molecule has 0 spiro atoms. The fourth-order valence-electron chi connectivity index (χ4n) is 3.14. The van der Waals surface area contributed by atoms with Crippen molar-refractivity contribution >= 4 is 11.9 Å². The standard InChI is InChI=1S/C16H30N2O3/c1-2-6-13(7-8-14(19)20)9-12-18-15(21)16(17)10-4-3-5-11-16/h13H,2-12,17H2,1H3,(H,18,21)(H,19,20). The maximum absolute atomic E-state index is 12.2. The zero-order valence-electron chi connectivity index (χ0n) is 13.2. The number of aliphatic carboxylic acids is 1. The van der Waals surface area contributed by atoms with Crippen molar-refractivity contribution in [1.82, 2.24) is 5.32 Å². The molecule has 1 unspecified atom stereocenters. The summed E-state index contributed by atoms with van der Waals surface area (Å²) in [5.41, 5.74) is 5.51. The molecule has 0 bridgehead atoms. The molecule has 1 amide bonds. The van der Waals surface area contributed by atoms with Crippen LogP contribution in [0.1, 0.15) is 71.1 Å². The largest absolute Gasteiger partial charge is 0.481 e. The Hall–Kier alpha value is -1.10. The lowest BCUT2D eigenvalue weighted by atomic mass is 9.82. The van der Waals surface area contributed by atoms with Crippen LogP contribution in [0.15, 0.2) is 0 Å². The van der Waals surface area contributed by atoms with Crippen LogP contribution in [-0.4, -0.2) is 29.1 Å². The van der Waals surface area contributed by atoms with Crippen molar-refractivity contribution < 1.29 is 14.7 Å². The van der Waals surface area contributed by atoms with Gasteiger partial charge in [0.2, 0.25) is 5.91 Å². The highest BCUT2D eigenvalue weighted by Crippen LogP contribution is 2.26. The lowest BCUT2D eigenvalue weighted by Crippen LogP contribution is -2.55. The van der Waals surface area contributed by atoms with E-state index in [0.29, 0.717) is 18.9 Å². The third-order valence-corrected chi connectivity index (χ3v) is 4.50. The van der Waals surface area contributed by atoms with Gasteiger partial charge in [-0.15, -0.1) is 0 Å². The first kappa shape index (κ1) is 18.0. The van der Waals surface area contributed by atoms with Gasteiger partial charge in [-0.3, -0.25) is 9.59 Å². The minimum Gasteiger partial charge on any atom is -0.481 e. The van der Waals surface area contributed by atoms with Crippen molar-refractivity contribution in [3.63, 3.8) is 0 Å². The van der Waals surface area contributed by atoms with Crippen molar-refractivity contribution in [2.75, 3.05) is 6.54 Å². The number of rotatable bonds is 9. The Morgan fingerprint density at radius 2 is 1.86 bits per heavy atom. The molecular formula is C16H30N2O3.